The van der Waals surface area contributed by atoms with Crippen LogP contribution >= 0.6 is 11.6 Å². The highest BCUT2D eigenvalue weighted by atomic mass is 35.5. The Bertz CT molecular complexity index is 996. The normalized spacial score (nSPS) is 14.3. The Morgan fingerprint density at radius 1 is 1.21 bits per heavy atom. The van der Waals surface area contributed by atoms with Crippen LogP contribution in [0.2, 0.25) is 5.28 Å². The summed E-state index contributed by atoms with van der Waals surface area (Å²) in [6, 6.07) is 8.26. The lowest BCUT2D eigenvalue weighted by Gasteiger charge is -2.10. The van der Waals surface area contributed by atoms with Gasteiger partial charge in [-0.1, -0.05) is 12.1 Å². The average molecular weight is 409 g/mol. The molecule has 2 aromatic heterocycles. The number of hydrogen-bond acceptors (Lipinski definition) is 5. The van der Waals surface area contributed by atoms with Crippen molar-refractivity contribution >= 4 is 23.1 Å². The molecule has 1 aliphatic carbocycles. The van der Waals surface area contributed by atoms with Crippen molar-refractivity contribution < 1.29 is 13.2 Å². The number of rotatable bonds is 5. The van der Waals surface area contributed by atoms with Crippen molar-refractivity contribution in [1.82, 2.24) is 19.7 Å². The largest absolute Gasteiger partial charge is 0.435 e. The van der Waals surface area contributed by atoms with E-state index in [4.69, 9.17) is 17.3 Å². The minimum atomic E-state index is -4.46. The summed E-state index contributed by atoms with van der Waals surface area (Å²) in [6.45, 7) is 0.417. The first kappa shape index (κ1) is 18.5. The Balaban J connectivity index is 1.53. The third-order valence-electron chi connectivity index (χ3n) is 4.45. The van der Waals surface area contributed by atoms with E-state index in [1.807, 2.05) is 12.1 Å². The van der Waals surface area contributed by atoms with Crippen molar-refractivity contribution in [3.8, 4) is 5.69 Å². The van der Waals surface area contributed by atoms with E-state index < -0.39 is 11.9 Å². The molecule has 0 bridgehead atoms. The summed E-state index contributed by atoms with van der Waals surface area (Å²) in [4.78, 5) is 7.80. The van der Waals surface area contributed by atoms with E-state index in [1.165, 1.54) is 10.9 Å². The lowest BCUT2D eigenvalue weighted by molar-refractivity contribution is -0.141. The van der Waals surface area contributed by atoms with Crippen LogP contribution in [0.15, 0.2) is 36.5 Å². The van der Waals surface area contributed by atoms with Crippen LogP contribution in [-0.2, 0) is 12.7 Å². The molecule has 1 saturated carbocycles. The van der Waals surface area contributed by atoms with Gasteiger partial charge in [-0.25, -0.2) is 9.67 Å². The molecule has 0 spiro atoms. The highest BCUT2D eigenvalue weighted by molar-refractivity contribution is 6.28. The second kappa shape index (κ2) is 6.97. The van der Waals surface area contributed by atoms with Crippen LogP contribution in [0, 0.1) is 0 Å². The van der Waals surface area contributed by atoms with Crippen molar-refractivity contribution in [2.45, 2.75) is 31.5 Å². The van der Waals surface area contributed by atoms with Gasteiger partial charge in [0.1, 0.15) is 0 Å². The first-order chi connectivity index (χ1) is 13.3. The molecule has 0 saturated heterocycles. The fraction of sp³-hybridized carbons (Fsp3) is 0.278. The summed E-state index contributed by atoms with van der Waals surface area (Å²) >= 11 is 5.76. The van der Waals surface area contributed by atoms with E-state index in [2.05, 4.69) is 20.4 Å². The minimum absolute atomic E-state index is 0.0822. The number of nitrogen functional groups attached to an aromatic ring is 1. The molecule has 6 nitrogen and oxygen atoms in total. The maximum atomic E-state index is 13.1. The lowest BCUT2D eigenvalue weighted by Crippen LogP contribution is -2.08. The number of halogens is 4. The second-order valence-electron chi connectivity index (χ2n) is 6.60. The van der Waals surface area contributed by atoms with Gasteiger partial charge in [0, 0.05) is 18.2 Å². The Labute approximate surface area is 163 Å². The van der Waals surface area contributed by atoms with Crippen LogP contribution in [0.25, 0.3) is 5.69 Å². The van der Waals surface area contributed by atoms with Crippen LogP contribution in [0.4, 0.5) is 24.7 Å². The topological polar surface area (TPSA) is 81.6 Å². The van der Waals surface area contributed by atoms with E-state index in [-0.39, 0.29) is 11.2 Å². The second-order valence-corrected chi connectivity index (χ2v) is 6.94. The molecule has 1 fully saturated rings. The zero-order valence-corrected chi connectivity index (χ0v) is 15.3. The summed E-state index contributed by atoms with van der Waals surface area (Å²) in [5, 5.41) is 6.93. The van der Waals surface area contributed by atoms with E-state index in [0.29, 0.717) is 29.4 Å². The quantitative estimate of drug-likeness (QED) is 0.611. The summed E-state index contributed by atoms with van der Waals surface area (Å²) in [5.74, 6) is 0.553. The molecule has 2 heterocycles. The molecule has 0 unspecified atom stereocenters. The molecule has 28 heavy (non-hydrogen) atoms. The predicted octanol–water partition coefficient (Wildman–Crippen LogP) is 4.41. The van der Waals surface area contributed by atoms with Crippen LogP contribution < -0.4 is 11.1 Å². The van der Waals surface area contributed by atoms with Gasteiger partial charge in [-0.3, -0.25) is 0 Å². The van der Waals surface area contributed by atoms with Gasteiger partial charge < -0.3 is 11.1 Å². The number of nitrogens with two attached hydrogens (primary N) is 1. The highest BCUT2D eigenvalue weighted by Crippen LogP contribution is 2.42. The van der Waals surface area contributed by atoms with Crippen molar-refractivity contribution in [2.24, 2.45) is 0 Å². The first-order valence-corrected chi connectivity index (χ1v) is 8.97. The molecule has 0 aliphatic heterocycles. The molecule has 1 aromatic carbocycles. The van der Waals surface area contributed by atoms with Gasteiger partial charge in [-0.2, -0.15) is 23.3 Å². The van der Waals surface area contributed by atoms with Crippen molar-refractivity contribution in [1.29, 1.82) is 0 Å². The standard InChI is InChI=1S/C18H16ClF3N6/c19-17-25-9-13(23)16(26-17)24-8-10-1-5-12(6-2-10)28-14(11-3-4-11)7-15(27-28)18(20,21)22/h1-2,5-7,9,11H,3-4,8,23H2,(H,24,25,26). The van der Waals surface area contributed by atoms with E-state index in [9.17, 15) is 13.2 Å². The molecular formula is C18H16ClF3N6. The highest BCUT2D eigenvalue weighted by Gasteiger charge is 2.38. The molecule has 4 rings (SSSR count). The minimum Gasteiger partial charge on any atom is -0.394 e. The van der Waals surface area contributed by atoms with Crippen molar-refractivity contribution in [2.75, 3.05) is 11.1 Å². The number of alkyl halides is 3. The van der Waals surface area contributed by atoms with Crippen LogP contribution in [0.5, 0.6) is 0 Å². The van der Waals surface area contributed by atoms with Gasteiger partial charge in [-0.15, -0.1) is 0 Å². The first-order valence-electron chi connectivity index (χ1n) is 8.59. The Hall–Kier alpha value is -2.81. The Morgan fingerprint density at radius 3 is 2.57 bits per heavy atom. The summed E-state index contributed by atoms with van der Waals surface area (Å²) < 4.78 is 40.5. The lowest BCUT2D eigenvalue weighted by atomic mass is 10.2. The zero-order valence-electron chi connectivity index (χ0n) is 14.5. The van der Waals surface area contributed by atoms with Crippen molar-refractivity contribution in [3.63, 3.8) is 0 Å². The summed E-state index contributed by atoms with van der Waals surface area (Å²) in [7, 11) is 0. The fourth-order valence-electron chi connectivity index (χ4n) is 2.86. The van der Waals surface area contributed by atoms with Gasteiger partial charge in [0.05, 0.1) is 17.6 Å². The van der Waals surface area contributed by atoms with Crippen LogP contribution in [-0.4, -0.2) is 19.7 Å². The molecular weight excluding hydrogens is 393 g/mol. The van der Waals surface area contributed by atoms with Crippen LogP contribution in [0.3, 0.4) is 0 Å². The van der Waals surface area contributed by atoms with Gasteiger partial charge >= 0.3 is 6.18 Å². The molecule has 0 radical (unpaired) electrons. The van der Waals surface area contributed by atoms with E-state index in [1.54, 1.807) is 12.1 Å². The van der Waals surface area contributed by atoms with Gasteiger partial charge in [-0.05, 0) is 48.2 Å². The predicted molar refractivity (Wildman–Crippen MR) is 99.3 cm³/mol. The third kappa shape index (κ3) is 3.89. The van der Waals surface area contributed by atoms with Crippen molar-refractivity contribution in [3.05, 3.63) is 58.8 Å². The fourth-order valence-corrected chi connectivity index (χ4v) is 3.00. The van der Waals surface area contributed by atoms with Gasteiger partial charge in [0.15, 0.2) is 11.5 Å². The number of nitrogens with one attached hydrogen (secondary N) is 1. The van der Waals surface area contributed by atoms with Crippen LogP contribution in [0.1, 0.15) is 35.7 Å². The monoisotopic (exact) mass is 408 g/mol. The van der Waals surface area contributed by atoms with Gasteiger partial charge in [0.25, 0.3) is 0 Å². The van der Waals surface area contributed by atoms with E-state index >= 15 is 0 Å². The maximum Gasteiger partial charge on any atom is 0.435 e. The number of hydrogen-bond donors (Lipinski definition) is 2. The average Bonchev–Trinajstić information content (AvgIpc) is 3.40. The van der Waals surface area contributed by atoms with E-state index in [0.717, 1.165) is 24.5 Å². The Morgan fingerprint density at radius 2 is 1.93 bits per heavy atom. The maximum absolute atomic E-state index is 13.1. The molecule has 0 amide bonds. The summed E-state index contributed by atoms with van der Waals surface area (Å²) in [6.07, 6.45) is -1.28. The number of aromatic nitrogens is 4. The SMILES string of the molecule is Nc1cnc(Cl)nc1NCc1ccc(-n2nc(C(F)(F)F)cc2C2CC2)cc1. The Kier molecular flexibility index (Phi) is 4.62. The molecule has 10 heteroatoms. The number of anilines is 2. The molecule has 0 atom stereocenters. The molecule has 1 aliphatic rings. The number of nitrogens with zero attached hydrogens (tertiary/aromatic N) is 4. The summed E-state index contributed by atoms with van der Waals surface area (Å²) in [5.41, 5.74) is 7.38. The number of benzene rings is 1. The molecule has 3 N–H and O–H groups in total. The zero-order chi connectivity index (χ0) is 19.9. The molecule has 3 aromatic rings. The smallest absolute Gasteiger partial charge is 0.394 e. The molecule has 146 valence electrons. The third-order valence-corrected chi connectivity index (χ3v) is 4.63. The van der Waals surface area contributed by atoms with Gasteiger partial charge in [0.2, 0.25) is 5.28 Å².